The highest BCUT2D eigenvalue weighted by Crippen LogP contribution is 2.77. The SMILES string of the molecule is [B]C1([B])C([B])(O)C(O)(O)C2(C(C#N)n3cc(-c4ncnc5[nH]ccc45)cn3)OC12O. The van der Waals surface area contributed by atoms with E-state index in [9.17, 15) is 25.7 Å². The molecule has 30 heavy (non-hydrogen) atoms. The number of H-pyrrole nitrogens is 1. The van der Waals surface area contributed by atoms with Crippen LogP contribution in [0.5, 0.6) is 0 Å². The molecule has 0 amide bonds. The second kappa shape index (κ2) is 5.32. The second-order valence-electron chi connectivity index (χ2n) is 7.49. The number of aliphatic hydroxyl groups is 4. The van der Waals surface area contributed by atoms with E-state index in [1.54, 1.807) is 18.3 Å². The van der Waals surface area contributed by atoms with E-state index in [0.717, 1.165) is 4.68 Å². The third-order valence-electron chi connectivity index (χ3n) is 6.01. The van der Waals surface area contributed by atoms with Gasteiger partial charge in [0.25, 0.3) is 0 Å². The second-order valence-corrected chi connectivity index (χ2v) is 7.49. The molecule has 6 radical (unpaired) electrons. The normalized spacial score (nSPS) is 34.4. The number of aromatic amines is 1. The third kappa shape index (κ3) is 1.79. The monoisotopic (exact) mass is 400 g/mol. The summed E-state index contributed by atoms with van der Waals surface area (Å²) in [7, 11) is 17.0. The van der Waals surface area contributed by atoms with Gasteiger partial charge in [0.2, 0.25) is 11.4 Å². The van der Waals surface area contributed by atoms with Crippen molar-refractivity contribution in [1.29, 1.82) is 5.26 Å². The summed E-state index contributed by atoms with van der Waals surface area (Å²) in [6.45, 7) is 0. The van der Waals surface area contributed by atoms with Gasteiger partial charge in [0.1, 0.15) is 19.8 Å². The molecule has 4 unspecified atom stereocenters. The first-order valence-corrected chi connectivity index (χ1v) is 8.65. The molecule has 5 rings (SSSR count). The van der Waals surface area contributed by atoms with Crippen LogP contribution in [-0.2, 0) is 4.74 Å². The molecule has 11 nitrogen and oxygen atoms in total. The van der Waals surface area contributed by atoms with Crippen LogP contribution in [0.15, 0.2) is 31.0 Å². The Balaban J connectivity index is 1.62. The topological polar surface area (TPSA) is 177 Å². The zero-order chi connectivity index (χ0) is 21.7. The lowest BCUT2D eigenvalue weighted by Gasteiger charge is -2.45. The smallest absolute Gasteiger partial charge is 0.221 e. The number of nitrogens with zero attached hydrogens (tertiary/aromatic N) is 5. The van der Waals surface area contributed by atoms with Crippen LogP contribution in [0.4, 0.5) is 0 Å². The molecule has 14 heteroatoms. The zero-order valence-corrected chi connectivity index (χ0v) is 15.1. The molecule has 144 valence electrons. The van der Waals surface area contributed by atoms with Crippen LogP contribution in [-0.4, -0.2) is 91.4 Å². The lowest BCUT2D eigenvalue weighted by atomic mass is 9.40. The van der Waals surface area contributed by atoms with E-state index < -0.39 is 33.9 Å². The molecule has 2 aliphatic rings. The van der Waals surface area contributed by atoms with E-state index >= 15 is 0 Å². The molecule has 3 aromatic rings. The summed E-state index contributed by atoms with van der Waals surface area (Å²) in [5, 5.41) is 54.2. The number of nitriles is 1. The molecular weight excluding hydrogens is 389 g/mol. The molecule has 1 saturated heterocycles. The van der Waals surface area contributed by atoms with Crippen molar-refractivity contribution in [2.24, 2.45) is 0 Å². The molecular formula is C16H11B3N6O5. The van der Waals surface area contributed by atoms with Crippen molar-refractivity contribution >= 4 is 34.6 Å². The van der Waals surface area contributed by atoms with Gasteiger partial charge in [-0.15, -0.1) is 0 Å². The number of hydrogen-bond donors (Lipinski definition) is 5. The van der Waals surface area contributed by atoms with Gasteiger partial charge in [-0.25, -0.2) is 9.97 Å². The summed E-state index contributed by atoms with van der Waals surface area (Å²) in [5.41, 5.74) is -4.19. The van der Waals surface area contributed by atoms with Crippen molar-refractivity contribution < 1.29 is 25.2 Å². The summed E-state index contributed by atoms with van der Waals surface area (Å²) < 4.78 is 6.13. The molecule has 0 spiro atoms. The van der Waals surface area contributed by atoms with Crippen molar-refractivity contribution in [1.82, 2.24) is 24.7 Å². The summed E-state index contributed by atoms with van der Waals surface area (Å²) in [6.07, 6.45) is 5.76. The van der Waals surface area contributed by atoms with Crippen molar-refractivity contribution in [3.63, 3.8) is 0 Å². The highest BCUT2D eigenvalue weighted by molar-refractivity contribution is 6.47. The number of nitrogens with one attached hydrogen (secondary N) is 1. The molecule has 1 aliphatic carbocycles. The Bertz CT molecular complexity index is 1230. The molecule has 1 saturated carbocycles. The van der Waals surface area contributed by atoms with Gasteiger partial charge in [0.05, 0.1) is 39.2 Å². The number of fused-ring (bicyclic) bond motifs is 2. The van der Waals surface area contributed by atoms with Crippen LogP contribution in [0.3, 0.4) is 0 Å². The predicted octanol–water partition coefficient (Wildman–Crippen LogP) is -2.65. The number of aromatic nitrogens is 5. The summed E-state index contributed by atoms with van der Waals surface area (Å²) in [5.74, 6) is -6.14. The highest BCUT2D eigenvalue weighted by atomic mass is 16.8. The lowest BCUT2D eigenvalue weighted by molar-refractivity contribution is -0.280. The van der Waals surface area contributed by atoms with Gasteiger partial charge in [-0.05, 0) is 11.3 Å². The molecule has 3 aromatic heterocycles. The fraction of sp³-hybridized carbons (Fsp3) is 0.375. The lowest BCUT2D eigenvalue weighted by Crippen LogP contribution is -2.65. The quantitative estimate of drug-likeness (QED) is 0.179. The van der Waals surface area contributed by atoms with E-state index in [-0.39, 0.29) is 0 Å². The average molecular weight is 400 g/mol. The minimum atomic E-state index is -3.41. The van der Waals surface area contributed by atoms with E-state index in [0.29, 0.717) is 22.3 Å². The van der Waals surface area contributed by atoms with Crippen LogP contribution >= 0.6 is 0 Å². The standard InChI is InChI=1S/C16H11B3N6O5/c17-13(18)14(19,26)15(27,28)12(16(13,29)30-12)9(3-20)25-5-7(4-24-25)10-8-1-2-21-11(8)23-6-22-10/h1-2,4-6,9,26-29H,(H,21,22,23). The Morgan fingerprint density at radius 2 is 1.93 bits per heavy atom. The summed E-state index contributed by atoms with van der Waals surface area (Å²) in [4.78, 5) is 11.2. The summed E-state index contributed by atoms with van der Waals surface area (Å²) >= 11 is 0. The molecule has 5 N–H and O–H groups in total. The number of rotatable bonds is 3. The fourth-order valence-electron chi connectivity index (χ4n) is 4.21. The van der Waals surface area contributed by atoms with Gasteiger partial charge in [-0.2, -0.15) is 10.4 Å². The molecule has 0 aromatic carbocycles. The van der Waals surface area contributed by atoms with E-state index in [2.05, 4.69) is 20.1 Å². The van der Waals surface area contributed by atoms with Gasteiger partial charge in [-0.1, -0.05) is 0 Å². The van der Waals surface area contributed by atoms with E-state index in [4.69, 9.17) is 28.3 Å². The van der Waals surface area contributed by atoms with Crippen LogP contribution in [0.1, 0.15) is 6.04 Å². The van der Waals surface area contributed by atoms with Crippen LogP contribution in [0.25, 0.3) is 22.3 Å². The largest absolute Gasteiger partial charge is 0.395 e. The molecule has 2 fully saturated rings. The van der Waals surface area contributed by atoms with Crippen molar-refractivity contribution in [2.75, 3.05) is 0 Å². The molecule has 4 heterocycles. The van der Waals surface area contributed by atoms with E-state index in [1.807, 2.05) is 0 Å². The van der Waals surface area contributed by atoms with Crippen LogP contribution < -0.4 is 0 Å². The number of epoxide rings is 1. The minimum absolute atomic E-state index is 0.456. The van der Waals surface area contributed by atoms with E-state index in [1.165, 1.54) is 18.7 Å². The van der Waals surface area contributed by atoms with Crippen molar-refractivity contribution in [2.45, 2.75) is 33.9 Å². The summed E-state index contributed by atoms with van der Waals surface area (Å²) in [6, 6.07) is 1.83. The predicted molar refractivity (Wildman–Crippen MR) is 101 cm³/mol. The Labute approximate surface area is 172 Å². The van der Waals surface area contributed by atoms with Gasteiger partial charge in [-0.3, -0.25) is 4.68 Å². The Hall–Kier alpha value is -2.69. The van der Waals surface area contributed by atoms with Crippen molar-refractivity contribution in [3.8, 4) is 17.3 Å². The van der Waals surface area contributed by atoms with Gasteiger partial charge in [0, 0.05) is 23.3 Å². The Morgan fingerprint density at radius 3 is 2.57 bits per heavy atom. The number of hydrogen-bond acceptors (Lipinski definition) is 9. The Kier molecular flexibility index (Phi) is 3.42. The molecule has 4 atom stereocenters. The average Bonchev–Trinajstić information content (AvgIpc) is 3.06. The number of ether oxygens (including phenoxy) is 1. The van der Waals surface area contributed by atoms with Gasteiger partial charge < -0.3 is 30.1 Å². The van der Waals surface area contributed by atoms with Crippen LogP contribution in [0, 0.1) is 11.3 Å². The molecule has 0 bridgehead atoms. The maximum Gasteiger partial charge on any atom is 0.221 e. The Morgan fingerprint density at radius 1 is 1.20 bits per heavy atom. The first kappa shape index (κ1) is 19.3. The van der Waals surface area contributed by atoms with Crippen LogP contribution in [0.2, 0.25) is 5.21 Å². The van der Waals surface area contributed by atoms with Gasteiger partial charge in [0.15, 0.2) is 11.8 Å². The fourth-order valence-corrected chi connectivity index (χ4v) is 4.21. The maximum absolute atomic E-state index is 10.8. The molecule has 1 aliphatic heterocycles. The maximum atomic E-state index is 10.8. The zero-order valence-electron chi connectivity index (χ0n) is 15.1. The van der Waals surface area contributed by atoms with Crippen molar-refractivity contribution in [3.05, 3.63) is 31.0 Å². The first-order valence-electron chi connectivity index (χ1n) is 8.65. The van der Waals surface area contributed by atoms with Gasteiger partial charge >= 0.3 is 0 Å². The minimum Gasteiger partial charge on any atom is -0.395 e. The first-order chi connectivity index (χ1) is 14.0. The highest BCUT2D eigenvalue weighted by Gasteiger charge is 2.97. The third-order valence-corrected chi connectivity index (χ3v) is 6.01.